The monoisotopic (exact) mass is 742 g/mol. The van der Waals surface area contributed by atoms with E-state index in [9.17, 15) is 50.5 Å². The third kappa shape index (κ3) is 7.92. The van der Waals surface area contributed by atoms with E-state index in [1.54, 1.807) is 0 Å². The second-order valence-electron chi connectivity index (χ2n) is 11.4. The third-order valence-corrected chi connectivity index (χ3v) is 9.34. The number of benzene rings is 6. The van der Waals surface area contributed by atoms with Crippen LogP contribution in [0.2, 0.25) is 0 Å². The molecule has 0 radical (unpaired) electrons. The Bertz CT molecular complexity index is 2500. The predicted molar refractivity (Wildman–Crippen MR) is 192 cm³/mol. The largest absolute Gasteiger partial charge is 0.508 e. The lowest BCUT2D eigenvalue weighted by Crippen LogP contribution is -2.20. The number of phenols is 2. The Labute approximate surface area is 295 Å². The molecule has 8 N–H and O–H groups in total. The number of hydrogen-bond acceptors (Lipinski definition) is 9. The van der Waals surface area contributed by atoms with E-state index in [1.165, 1.54) is 97.1 Å². The van der Waals surface area contributed by atoms with E-state index in [0.29, 0.717) is 21.5 Å². The van der Waals surface area contributed by atoms with Gasteiger partial charge in [-0.25, -0.2) is 4.79 Å². The van der Waals surface area contributed by atoms with Gasteiger partial charge in [0.1, 0.15) is 11.5 Å². The number of fused-ring (bicyclic) bond motifs is 2. The van der Waals surface area contributed by atoms with E-state index in [0.717, 1.165) is 12.1 Å². The fraction of sp³-hybridized carbons (Fsp3) is 0. The SMILES string of the molecule is O=C(Nc1cccc(C(=O)Nc2cc(S(=O)(=O)O)cc3ccc(O)cc23)c1)Nc1cccc(C(=O)Nc2cc(S(=O)(=O)O)cc3ccc(O)cc23)c1. The van der Waals surface area contributed by atoms with Gasteiger partial charge in [0.15, 0.2) is 0 Å². The number of phenolic OH excluding ortho intramolecular Hbond substituents is 2. The fourth-order valence-corrected chi connectivity index (χ4v) is 6.39. The summed E-state index contributed by atoms with van der Waals surface area (Å²) in [6, 6.07) is 23.3. The molecule has 0 saturated carbocycles. The van der Waals surface area contributed by atoms with Crippen molar-refractivity contribution in [1.82, 2.24) is 0 Å². The zero-order valence-corrected chi connectivity index (χ0v) is 28.0. The van der Waals surface area contributed by atoms with Gasteiger partial charge in [-0.05, 0) is 95.7 Å². The van der Waals surface area contributed by atoms with Crippen molar-refractivity contribution >= 4 is 82.4 Å². The van der Waals surface area contributed by atoms with Gasteiger partial charge in [-0.2, -0.15) is 16.8 Å². The molecular weight excluding hydrogens is 717 g/mol. The summed E-state index contributed by atoms with van der Waals surface area (Å²) in [6.07, 6.45) is 0. The van der Waals surface area contributed by atoms with Crippen LogP contribution in [0.4, 0.5) is 27.5 Å². The Balaban J connectivity index is 1.17. The highest BCUT2D eigenvalue weighted by Gasteiger charge is 2.19. The molecule has 0 saturated heterocycles. The van der Waals surface area contributed by atoms with Crippen LogP contribution < -0.4 is 21.3 Å². The molecule has 6 aromatic rings. The first kappa shape index (κ1) is 35.3. The van der Waals surface area contributed by atoms with Crippen LogP contribution in [0.15, 0.2) is 119 Å². The normalized spacial score (nSPS) is 11.6. The molecule has 0 aliphatic rings. The molecule has 0 aliphatic heterocycles. The summed E-state index contributed by atoms with van der Waals surface area (Å²) >= 11 is 0. The van der Waals surface area contributed by atoms with Crippen LogP contribution in [0.25, 0.3) is 21.5 Å². The van der Waals surface area contributed by atoms with E-state index in [2.05, 4.69) is 21.3 Å². The molecule has 0 unspecified atom stereocenters. The summed E-state index contributed by atoms with van der Waals surface area (Å²) in [5.41, 5.74) is 0.457. The number of nitrogens with one attached hydrogen (secondary N) is 4. The fourth-order valence-electron chi connectivity index (χ4n) is 5.30. The molecule has 0 spiro atoms. The molecule has 0 aromatic heterocycles. The standard InChI is InChI=1S/C35H26N4O11S2/c40-25-9-7-19-13-27(51(45,46)47)17-31(29(19)15-25)38-33(42)21-3-1-5-23(11-21)36-35(44)37-24-6-2-4-22(12-24)34(43)39-32-18-28(52(48,49)50)14-20-8-10-26(41)16-30(20)32/h1-18,40-41H,(H,38,42)(H,39,43)(H2,36,37,44)(H,45,46,47)(H,48,49,50). The smallest absolute Gasteiger partial charge is 0.323 e. The predicted octanol–water partition coefficient (Wildman–Crippen LogP) is 6.05. The van der Waals surface area contributed by atoms with Gasteiger partial charge in [0.25, 0.3) is 32.1 Å². The second kappa shape index (κ2) is 13.6. The molecule has 264 valence electrons. The number of rotatable bonds is 8. The van der Waals surface area contributed by atoms with Gasteiger partial charge in [0.2, 0.25) is 0 Å². The number of anilines is 4. The highest BCUT2D eigenvalue weighted by Crippen LogP contribution is 2.32. The van der Waals surface area contributed by atoms with Crippen molar-refractivity contribution < 1.29 is 50.5 Å². The third-order valence-electron chi connectivity index (χ3n) is 7.68. The van der Waals surface area contributed by atoms with Gasteiger partial charge >= 0.3 is 6.03 Å². The van der Waals surface area contributed by atoms with Gasteiger partial charge in [0.05, 0.1) is 21.2 Å². The number of hydrogen-bond donors (Lipinski definition) is 8. The summed E-state index contributed by atoms with van der Waals surface area (Å²) in [7, 11) is -9.28. The van der Waals surface area contributed by atoms with Gasteiger partial charge in [-0.1, -0.05) is 24.3 Å². The van der Waals surface area contributed by atoms with Crippen LogP contribution in [0.3, 0.4) is 0 Å². The van der Waals surface area contributed by atoms with Gasteiger partial charge in [-0.15, -0.1) is 0 Å². The van der Waals surface area contributed by atoms with Crippen LogP contribution in [-0.4, -0.2) is 54.0 Å². The van der Waals surface area contributed by atoms with Crippen LogP contribution in [0.5, 0.6) is 11.5 Å². The lowest BCUT2D eigenvalue weighted by atomic mass is 10.1. The molecule has 0 aliphatic carbocycles. The Morgan fingerprint density at radius 2 is 0.885 bits per heavy atom. The summed E-state index contributed by atoms with van der Waals surface area (Å²) in [5, 5.41) is 31.4. The maximum atomic E-state index is 13.2. The van der Waals surface area contributed by atoms with E-state index in [1.807, 2.05) is 0 Å². The molecular formula is C35H26N4O11S2. The molecule has 0 fully saturated rings. The zero-order valence-electron chi connectivity index (χ0n) is 26.4. The molecule has 17 heteroatoms. The van der Waals surface area contributed by atoms with Crippen molar-refractivity contribution in [2.24, 2.45) is 0 Å². The Morgan fingerprint density at radius 1 is 0.481 bits per heavy atom. The van der Waals surface area contributed by atoms with Crippen LogP contribution >= 0.6 is 0 Å². The Kier molecular flexibility index (Phi) is 9.26. The highest BCUT2D eigenvalue weighted by atomic mass is 32.2. The molecule has 0 atom stereocenters. The first-order chi connectivity index (χ1) is 24.5. The molecule has 0 bridgehead atoms. The minimum Gasteiger partial charge on any atom is -0.508 e. The first-order valence-electron chi connectivity index (χ1n) is 14.9. The van der Waals surface area contributed by atoms with Crippen molar-refractivity contribution in [3.8, 4) is 11.5 Å². The van der Waals surface area contributed by atoms with Crippen molar-refractivity contribution in [3.63, 3.8) is 0 Å². The van der Waals surface area contributed by atoms with Gasteiger partial charge in [0, 0.05) is 33.3 Å². The maximum Gasteiger partial charge on any atom is 0.323 e. The van der Waals surface area contributed by atoms with Crippen LogP contribution in [0, 0.1) is 0 Å². The van der Waals surface area contributed by atoms with Gasteiger partial charge < -0.3 is 31.5 Å². The van der Waals surface area contributed by atoms with E-state index >= 15 is 0 Å². The average Bonchev–Trinajstić information content (AvgIpc) is 3.07. The van der Waals surface area contributed by atoms with E-state index in [4.69, 9.17) is 0 Å². The van der Waals surface area contributed by atoms with Crippen molar-refractivity contribution in [3.05, 3.63) is 120 Å². The number of carbonyl (C=O) groups is 3. The molecule has 15 nitrogen and oxygen atoms in total. The number of carbonyl (C=O) groups excluding carboxylic acids is 3. The maximum absolute atomic E-state index is 13.2. The molecule has 52 heavy (non-hydrogen) atoms. The number of aromatic hydroxyl groups is 2. The van der Waals surface area contributed by atoms with E-state index < -0.39 is 47.9 Å². The molecule has 6 aromatic carbocycles. The number of urea groups is 1. The first-order valence-corrected chi connectivity index (χ1v) is 17.8. The zero-order chi connectivity index (χ0) is 37.4. The quantitative estimate of drug-likeness (QED) is 0.0834. The van der Waals surface area contributed by atoms with Crippen LogP contribution in [-0.2, 0) is 20.2 Å². The molecule has 6 rings (SSSR count). The highest BCUT2D eigenvalue weighted by molar-refractivity contribution is 7.86. The minimum atomic E-state index is -4.64. The van der Waals surface area contributed by atoms with Crippen LogP contribution in [0.1, 0.15) is 20.7 Å². The Morgan fingerprint density at radius 3 is 1.27 bits per heavy atom. The summed E-state index contributed by atoms with van der Waals surface area (Å²) in [6.45, 7) is 0. The topological polar surface area (TPSA) is 249 Å². The summed E-state index contributed by atoms with van der Waals surface area (Å²) < 4.78 is 66.6. The second-order valence-corrected chi connectivity index (χ2v) is 14.2. The minimum absolute atomic E-state index is 0.0106. The summed E-state index contributed by atoms with van der Waals surface area (Å²) in [5.74, 6) is -1.70. The summed E-state index contributed by atoms with van der Waals surface area (Å²) in [4.78, 5) is 38.4. The number of amides is 4. The molecule has 0 heterocycles. The average molecular weight is 743 g/mol. The Hall–Kier alpha value is -6.53. The lowest BCUT2D eigenvalue weighted by Gasteiger charge is -2.13. The van der Waals surface area contributed by atoms with Crippen molar-refractivity contribution in [1.29, 1.82) is 0 Å². The van der Waals surface area contributed by atoms with Crippen molar-refractivity contribution in [2.75, 3.05) is 21.3 Å². The lowest BCUT2D eigenvalue weighted by molar-refractivity contribution is 0.101. The van der Waals surface area contributed by atoms with E-state index in [-0.39, 0.29) is 45.4 Å². The molecule has 4 amide bonds. The van der Waals surface area contributed by atoms with Crippen molar-refractivity contribution in [2.45, 2.75) is 9.79 Å². The van der Waals surface area contributed by atoms with Gasteiger partial charge in [-0.3, -0.25) is 18.7 Å².